The third-order valence-corrected chi connectivity index (χ3v) is 3.52. The number of carbonyl (C=O) groups excluding carboxylic acids is 1. The molecule has 0 aliphatic carbocycles. The largest absolute Gasteiger partial charge is 0.368 e. The Morgan fingerprint density at radius 1 is 1.21 bits per heavy atom. The quantitative estimate of drug-likeness (QED) is 0.910. The fraction of sp³-hybridized carbons (Fsp3) is 0.143. The third-order valence-electron chi connectivity index (χ3n) is 2.99. The maximum Gasteiger partial charge on any atom is 0.247 e. The van der Waals surface area contributed by atoms with Crippen LogP contribution in [0.4, 0.5) is 5.69 Å². The minimum Gasteiger partial charge on any atom is -0.368 e. The second-order valence-corrected chi connectivity index (χ2v) is 5.27. The molecule has 3 N–H and O–H groups in total. The number of hydrogen-bond acceptors (Lipinski definition) is 3. The number of nitrogens with one attached hydrogen (secondary N) is 1. The zero-order chi connectivity index (χ0) is 13.9. The summed E-state index contributed by atoms with van der Waals surface area (Å²) in [6.07, 6.45) is 3.28. The van der Waals surface area contributed by atoms with E-state index in [1.807, 2.05) is 24.3 Å². The topological polar surface area (TPSA) is 68.0 Å². The summed E-state index contributed by atoms with van der Waals surface area (Å²) in [6, 6.07) is 11.1. The molecular formula is C14H14BrN3O. The van der Waals surface area contributed by atoms with Crippen molar-refractivity contribution in [2.75, 3.05) is 5.32 Å². The number of primary amides is 1. The molecular weight excluding hydrogens is 306 g/mol. The number of aromatic nitrogens is 1. The van der Waals surface area contributed by atoms with Crippen LogP contribution in [0.15, 0.2) is 53.3 Å². The number of benzene rings is 1. The molecule has 0 radical (unpaired) electrons. The average molecular weight is 320 g/mol. The number of carbonyl (C=O) groups is 1. The van der Waals surface area contributed by atoms with E-state index in [-0.39, 0.29) is 0 Å². The molecule has 19 heavy (non-hydrogen) atoms. The van der Waals surface area contributed by atoms with Crippen molar-refractivity contribution in [3.05, 3.63) is 58.8 Å². The number of nitrogens with two attached hydrogens (primary N) is 1. The molecule has 4 nitrogen and oxygen atoms in total. The van der Waals surface area contributed by atoms with Crippen molar-refractivity contribution in [2.45, 2.75) is 12.5 Å². The summed E-state index contributed by atoms with van der Waals surface area (Å²) in [5.74, 6) is -0.443. The molecule has 0 aliphatic rings. The molecule has 0 aliphatic heterocycles. The van der Waals surface area contributed by atoms with E-state index >= 15 is 0 Å². The first kappa shape index (κ1) is 13.5. The van der Waals surface area contributed by atoms with Gasteiger partial charge in [-0.25, -0.2) is 0 Å². The van der Waals surface area contributed by atoms with Crippen molar-refractivity contribution in [1.82, 2.24) is 4.98 Å². The Labute approximate surface area is 120 Å². The molecule has 1 unspecified atom stereocenters. The Bertz CT molecular complexity index is 571. The molecule has 1 amide bonds. The number of rotatable bonds is 4. The Hall–Kier alpha value is -1.88. The lowest BCUT2D eigenvalue weighted by Crippen LogP contribution is -2.45. The van der Waals surface area contributed by atoms with E-state index in [2.05, 4.69) is 26.2 Å². The predicted molar refractivity (Wildman–Crippen MR) is 78.5 cm³/mol. The van der Waals surface area contributed by atoms with E-state index in [1.54, 1.807) is 31.5 Å². The van der Waals surface area contributed by atoms with Crippen molar-refractivity contribution in [2.24, 2.45) is 5.73 Å². The molecule has 0 saturated heterocycles. The number of pyridine rings is 1. The SMILES string of the molecule is CC(Nc1ccc(Br)cc1)(C(N)=O)c1ccncc1. The molecule has 2 aromatic rings. The Balaban J connectivity index is 2.36. The Morgan fingerprint density at radius 3 is 2.32 bits per heavy atom. The van der Waals surface area contributed by atoms with Gasteiger partial charge in [0.05, 0.1) is 0 Å². The number of nitrogens with zero attached hydrogens (tertiary/aromatic N) is 1. The first-order valence-electron chi connectivity index (χ1n) is 5.76. The fourth-order valence-electron chi connectivity index (χ4n) is 1.78. The van der Waals surface area contributed by atoms with Crippen molar-refractivity contribution >= 4 is 27.5 Å². The van der Waals surface area contributed by atoms with E-state index in [0.29, 0.717) is 0 Å². The van der Waals surface area contributed by atoms with Gasteiger partial charge in [-0.15, -0.1) is 0 Å². The van der Waals surface area contributed by atoms with Gasteiger partial charge >= 0.3 is 0 Å². The highest BCUT2D eigenvalue weighted by Gasteiger charge is 2.33. The lowest BCUT2D eigenvalue weighted by Gasteiger charge is -2.29. The van der Waals surface area contributed by atoms with Crippen LogP contribution < -0.4 is 11.1 Å². The lowest BCUT2D eigenvalue weighted by atomic mass is 9.91. The summed E-state index contributed by atoms with van der Waals surface area (Å²) in [5.41, 5.74) is 6.17. The minimum atomic E-state index is -0.975. The van der Waals surface area contributed by atoms with Crippen LogP contribution in [0.5, 0.6) is 0 Å². The van der Waals surface area contributed by atoms with Crippen LogP contribution in [-0.4, -0.2) is 10.9 Å². The number of hydrogen-bond donors (Lipinski definition) is 2. The second kappa shape index (κ2) is 5.40. The van der Waals surface area contributed by atoms with Gasteiger partial charge in [-0.3, -0.25) is 9.78 Å². The van der Waals surface area contributed by atoms with E-state index in [1.165, 1.54) is 0 Å². The molecule has 0 bridgehead atoms. The molecule has 1 aromatic heterocycles. The highest BCUT2D eigenvalue weighted by molar-refractivity contribution is 9.10. The first-order chi connectivity index (χ1) is 9.02. The Kier molecular flexibility index (Phi) is 3.85. The maximum atomic E-state index is 11.8. The molecule has 2 rings (SSSR count). The van der Waals surface area contributed by atoms with Crippen molar-refractivity contribution in [3.8, 4) is 0 Å². The van der Waals surface area contributed by atoms with E-state index in [9.17, 15) is 4.79 Å². The molecule has 1 atom stereocenters. The van der Waals surface area contributed by atoms with Gasteiger partial charge in [-0.05, 0) is 48.9 Å². The van der Waals surface area contributed by atoms with Crippen LogP contribution >= 0.6 is 15.9 Å². The highest BCUT2D eigenvalue weighted by atomic mass is 79.9. The average Bonchev–Trinajstić information content (AvgIpc) is 2.42. The zero-order valence-corrected chi connectivity index (χ0v) is 12.0. The Morgan fingerprint density at radius 2 is 1.79 bits per heavy atom. The molecule has 1 heterocycles. The van der Waals surface area contributed by atoms with Gasteiger partial charge in [0.2, 0.25) is 5.91 Å². The van der Waals surface area contributed by atoms with Crippen molar-refractivity contribution < 1.29 is 4.79 Å². The molecule has 0 spiro atoms. The lowest BCUT2D eigenvalue weighted by molar-refractivity contribution is -0.122. The second-order valence-electron chi connectivity index (χ2n) is 4.36. The molecule has 98 valence electrons. The maximum absolute atomic E-state index is 11.8. The number of anilines is 1. The van der Waals surface area contributed by atoms with Crippen molar-refractivity contribution in [1.29, 1.82) is 0 Å². The van der Waals surface area contributed by atoms with Gasteiger partial charge < -0.3 is 11.1 Å². The molecule has 1 aromatic carbocycles. The van der Waals surface area contributed by atoms with E-state index in [0.717, 1.165) is 15.7 Å². The normalized spacial score (nSPS) is 13.6. The molecule has 0 fully saturated rings. The van der Waals surface area contributed by atoms with Crippen LogP contribution in [0.3, 0.4) is 0 Å². The van der Waals surface area contributed by atoms with Crippen LogP contribution in [0.1, 0.15) is 12.5 Å². The van der Waals surface area contributed by atoms with Gasteiger partial charge in [-0.2, -0.15) is 0 Å². The zero-order valence-electron chi connectivity index (χ0n) is 10.4. The predicted octanol–water partition coefficient (Wildman–Crippen LogP) is 2.66. The van der Waals surface area contributed by atoms with Gasteiger partial charge in [0.25, 0.3) is 0 Å². The number of amides is 1. The van der Waals surface area contributed by atoms with Crippen molar-refractivity contribution in [3.63, 3.8) is 0 Å². The third kappa shape index (κ3) is 2.93. The van der Waals surface area contributed by atoms with Crippen LogP contribution in [-0.2, 0) is 10.3 Å². The highest BCUT2D eigenvalue weighted by Crippen LogP contribution is 2.26. The summed E-state index contributed by atoms with van der Waals surface area (Å²) in [4.78, 5) is 15.8. The molecule has 5 heteroatoms. The van der Waals surface area contributed by atoms with Gasteiger partial charge in [0.1, 0.15) is 5.54 Å². The minimum absolute atomic E-state index is 0.443. The first-order valence-corrected chi connectivity index (χ1v) is 6.56. The monoisotopic (exact) mass is 319 g/mol. The van der Waals surface area contributed by atoms with Crippen LogP contribution in [0.2, 0.25) is 0 Å². The van der Waals surface area contributed by atoms with E-state index in [4.69, 9.17) is 5.73 Å². The summed E-state index contributed by atoms with van der Waals surface area (Å²) < 4.78 is 0.975. The smallest absolute Gasteiger partial charge is 0.247 e. The van der Waals surface area contributed by atoms with Gasteiger partial charge in [-0.1, -0.05) is 15.9 Å². The summed E-state index contributed by atoms with van der Waals surface area (Å²) in [5, 5.41) is 3.18. The number of halogens is 1. The van der Waals surface area contributed by atoms with Crippen LogP contribution in [0.25, 0.3) is 0 Å². The van der Waals surface area contributed by atoms with Crippen LogP contribution in [0, 0.1) is 0 Å². The fourth-order valence-corrected chi connectivity index (χ4v) is 2.05. The summed E-state index contributed by atoms with van der Waals surface area (Å²) >= 11 is 3.37. The van der Waals surface area contributed by atoms with Gasteiger partial charge in [0.15, 0.2) is 0 Å². The summed E-state index contributed by atoms with van der Waals surface area (Å²) in [7, 11) is 0. The molecule has 0 saturated carbocycles. The standard InChI is InChI=1S/C14H14BrN3O/c1-14(13(16)19,10-6-8-17-9-7-10)18-12-4-2-11(15)3-5-12/h2-9,18H,1H3,(H2,16,19). The summed E-state index contributed by atoms with van der Waals surface area (Å²) in [6.45, 7) is 1.76. The van der Waals surface area contributed by atoms with E-state index < -0.39 is 11.4 Å². The van der Waals surface area contributed by atoms with Gasteiger partial charge in [0, 0.05) is 22.6 Å².